The third-order valence-corrected chi connectivity index (χ3v) is 2.84. The van der Waals surface area contributed by atoms with Crippen LogP contribution in [0.4, 0.5) is 11.5 Å². The molecule has 1 atom stereocenters. The predicted octanol–water partition coefficient (Wildman–Crippen LogP) is 0.640. The minimum atomic E-state index is -0.298. The predicted molar refractivity (Wildman–Crippen MR) is 66.9 cm³/mol. The van der Waals surface area contributed by atoms with Crippen LogP contribution in [0.5, 0.6) is 0 Å². The van der Waals surface area contributed by atoms with Crippen molar-refractivity contribution in [2.45, 2.75) is 25.6 Å². The molecule has 17 heavy (non-hydrogen) atoms. The van der Waals surface area contributed by atoms with Crippen molar-refractivity contribution < 1.29 is 9.84 Å². The Labute approximate surface area is 101 Å². The van der Waals surface area contributed by atoms with E-state index in [-0.39, 0.29) is 18.3 Å². The van der Waals surface area contributed by atoms with Crippen molar-refractivity contribution in [1.82, 2.24) is 4.98 Å². The first kappa shape index (κ1) is 12.1. The molecule has 2 heterocycles. The first-order chi connectivity index (χ1) is 8.02. The van der Waals surface area contributed by atoms with Crippen LogP contribution in [0.25, 0.3) is 0 Å². The highest BCUT2D eigenvalue weighted by Gasteiger charge is 2.33. The highest BCUT2D eigenvalue weighted by atomic mass is 16.5. The van der Waals surface area contributed by atoms with Crippen molar-refractivity contribution in [3.05, 3.63) is 18.3 Å². The molecule has 0 amide bonds. The van der Waals surface area contributed by atoms with Crippen molar-refractivity contribution in [3.8, 4) is 0 Å². The molecule has 1 aliphatic rings. The molecule has 5 heteroatoms. The molecule has 1 aliphatic heterocycles. The first-order valence-corrected chi connectivity index (χ1v) is 5.76. The molecule has 2 rings (SSSR count). The molecule has 0 aromatic carbocycles. The molecule has 0 bridgehead atoms. The van der Waals surface area contributed by atoms with Crippen molar-refractivity contribution in [2.24, 2.45) is 0 Å². The van der Waals surface area contributed by atoms with Crippen LogP contribution in [0.15, 0.2) is 18.3 Å². The summed E-state index contributed by atoms with van der Waals surface area (Å²) >= 11 is 0. The molecule has 1 saturated heterocycles. The molecule has 5 nitrogen and oxygen atoms in total. The van der Waals surface area contributed by atoms with E-state index in [1.54, 1.807) is 6.20 Å². The van der Waals surface area contributed by atoms with Gasteiger partial charge in [-0.3, -0.25) is 0 Å². The Balaban J connectivity index is 2.24. The molecule has 0 saturated carbocycles. The lowest BCUT2D eigenvalue weighted by Crippen LogP contribution is -2.54. The highest BCUT2D eigenvalue weighted by Crippen LogP contribution is 2.28. The quantitative estimate of drug-likeness (QED) is 0.790. The number of ether oxygens (including phenoxy) is 1. The maximum atomic E-state index is 9.26. The monoisotopic (exact) mass is 237 g/mol. The van der Waals surface area contributed by atoms with Gasteiger partial charge in [0.1, 0.15) is 5.82 Å². The summed E-state index contributed by atoms with van der Waals surface area (Å²) in [5, 5.41) is 9.26. The summed E-state index contributed by atoms with van der Waals surface area (Å²) in [6.45, 7) is 5.40. The van der Waals surface area contributed by atoms with Gasteiger partial charge >= 0.3 is 0 Å². The fraction of sp³-hybridized carbons (Fsp3) is 0.583. The van der Waals surface area contributed by atoms with Crippen molar-refractivity contribution >= 4 is 11.5 Å². The van der Waals surface area contributed by atoms with E-state index in [0.29, 0.717) is 12.4 Å². The number of anilines is 2. The molecular formula is C12H19N3O2. The zero-order valence-electron chi connectivity index (χ0n) is 10.3. The maximum Gasteiger partial charge on any atom is 0.146 e. The summed E-state index contributed by atoms with van der Waals surface area (Å²) in [6, 6.07) is 3.81. The molecule has 0 radical (unpaired) electrons. The van der Waals surface area contributed by atoms with E-state index in [2.05, 4.69) is 9.88 Å². The normalized spacial score (nSPS) is 23.7. The summed E-state index contributed by atoms with van der Waals surface area (Å²) in [7, 11) is 0. The van der Waals surface area contributed by atoms with Gasteiger partial charge in [-0.15, -0.1) is 0 Å². The Morgan fingerprint density at radius 1 is 1.65 bits per heavy atom. The first-order valence-electron chi connectivity index (χ1n) is 5.76. The summed E-state index contributed by atoms with van der Waals surface area (Å²) in [5.74, 6) is 0.516. The van der Waals surface area contributed by atoms with Gasteiger partial charge in [-0.2, -0.15) is 0 Å². The number of morpholine rings is 1. The van der Waals surface area contributed by atoms with Crippen LogP contribution in [0.2, 0.25) is 0 Å². The Morgan fingerprint density at radius 2 is 2.41 bits per heavy atom. The molecule has 3 N–H and O–H groups in total. The fourth-order valence-electron chi connectivity index (χ4n) is 2.25. The van der Waals surface area contributed by atoms with Gasteiger partial charge in [-0.05, 0) is 26.0 Å². The van der Waals surface area contributed by atoms with Crippen LogP contribution in [0.3, 0.4) is 0 Å². The Morgan fingerprint density at radius 3 is 3.06 bits per heavy atom. The Kier molecular flexibility index (Phi) is 3.22. The van der Waals surface area contributed by atoms with E-state index in [9.17, 15) is 5.11 Å². The van der Waals surface area contributed by atoms with Gasteiger partial charge < -0.3 is 20.5 Å². The Hall–Kier alpha value is -1.33. The topological polar surface area (TPSA) is 71.6 Å². The molecule has 0 spiro atoms. The number of nitrogens with two attached hydrogens (primary N) is 1. The summed E-state index contributed by atoms with van der Waals surface area (Å²) in [5.41, 5.74) is 6.48. The van der Waals surface area contributed by atoms with Gasteiger partial charge in [0.15, 0.2) is 0 Å². The van der Waals surface area contributed by atoms with Gasteiger partial charge in [0.2, 0.25) is 0 Å². The number of pyridine rings is 1. The minimum absolute atomic E-state index is 0.0140. The molecule has 94 valence electrons. The van der Waals surface area contributed by atoms with Crippen molar-refractivity contribution in [2.75, 3.05) is 30.3 Å². The van der Waals surface area contributed by atoms with Gasteiger partial charge in [0, 0.05) is 19.3 Å². The zero-order chi connectivity index (χ0) is 12.5. The van der Waals surface area contributed by atoms with Crippen LogP contribution in [-0.4, -0.2) is 41.5 Å². The largest absolute Gasteiger partial charge is 0.394 e. The third-order valence-electron chi connectivity index (χ3n) is 2.84. The van der Waals surface area contributed by atoms with Crippen molar-refractivity contribution in [3.63, 3.8) is 0 Å². The number of hydrogen-bond acceptors (Lipinski definition) is 5. The second-order valence-corrected chi connectivity index (χ2v) is 4.97. The number of rotatable bonds is 2. The average molecular weight is 237 g/mol. The van der Waals surface area contributed by atoms with Gasteiger partial charge in [-0.1, -0.05) is 0 Å². The van der Waals surface area contributed by atoms with Crippen LogP contribution < -0.4 is 10.6 Å². The van der Waals surface area contributed by atoms with Gasteiger partial charge in [-0.25, -0.2) is 4.98 Å². The lowest BCUT2D eigenvalue weighted by Gasteiger charge is -2.43. The van der Waals surface area contributed by atoms with E-state index >= 15 is 0 Å². The number of aliphatic hydroxyl groups is 1. The average Bonchev–Trinajstić information content (AvgIpc) is 2.27. The second-order valence-electron chi connectivity index (χ2n) is 4.97. The van der Waals surface area contributed by atoms with Crippen LogP contribution in [0.1, 0.15) is 13.8 Å². The minimum Gasteiger partial charge on any atom is -0.394 e. The number of nitrogens with zero attached hydrogens (tertiary/aromatic N) is 2. The molecule has 1 unspecified atom stereocenters. The van der Waals surface area contributed by atoms with Crippen molar-refractivity contribution in [1.29, 1.82) is 0 Å². The van der Waals surface area contributed by atoms with E-state index in [1.807, 2.05) is 26.0 Å². The van der Waals surface area contributed by atoms with E-state index in [0.717, 1.165) is 12.2 Å². The lowest BCUT2D eigenvalue weighted by molar-refractivity contribution is -0.100. The maximum absolute atomic E-state index is 9.26. The SMILES string of the molecule is CC1(C)CN(c2cccnc2N)CC(CO)O1. The smallest absolute Gasteiger partial charge is 0.146 e. The van der Waals surface area contributed by atoms with Gasteiger partial charge in [0.05, 0.1) is 24.0 Å². The third kappa shape index (κ3) is 2.68. The number of aliphatic hydroxyl groups excluding tert-OH is 1. The standard InChI is InChI=1S/C12H19N3O2/c1-12(2)8-15(6-9(7-16)17-12)10-4-3-5-14-11(10)13/h3-5,9,16H,6-8H2,1-2H3,(H2,13,14). The summed E-state index contributed by atoms with van der Waals surface area (Å²) in [4.78, 5) is 6.20. The molecule has 1 aromatic rings. The Bertz CT molecular complexity index is 395. The van der Waals surface area contributed by atoms with Crippen LogP contribution in [0, 0.1) is 0 Å². The van der Waals surface area contributed by atoms with E-state index in [4.69, 9.17) is 10.5 Å². The lowest BCUT2D eigenvalue weighted by atomic mass is 10.0. The number of hydrogen-bond donors (Lipinski definition) is 2. The molecular weight excluding hydrogens is 218 g/mol. The summed E-state index contributed by atoms with van der Waals surface area (Å²) < 4.78 is 5.76. The van der Waals surface area contributed by atoms with E-state index < -0.39 is 0 Å². The van der Waals surface area contributed by atoms with Crippen LogP contribution in [-0.2, 0) is 4.74 Å². The molecule has 1 fully saturated rings. The molecule has 1 aromatic heterocycles. The fourth-order valence-corrected chi connectivity index (χ4v) is 2.25. The second kappa shape index (κ2) is 4.50. The van der Waals surface area contributed by atoms with Gasteiger partial charge in [0.25, 0.3) is 0 Å². The van der Waals surface area contributed by atoms with Crippen LogP contribution >= 0.6 is 0 Å². The zero-order valence-corrected chi connectivity index (χ0v) is 10.3. The highest BCUT2D eigenvalue weighted by molar-refractivity contribution is 5.63. The van der Waals surface area contributed by atoms with E-state index in [1.165, 1.54) is 0 Å². The number of nitrogen functional groups attached to an aromatic ring is 1. The summed E-state index contributed by atoms with van der Waals surface area (Å²) in [6.07, 6.45) is 1.49. The number of aromatic nitrogens is 1. The molecule has 0 aliphatic carbocycles.